The smallest absolute Gasteiger partial charge is 0.356 e. The highest BCUT2D eigenvalue weighted by molar-refractivity contribution is 7.65. The summed E-state index contributed by atoms with van der Waals surface area (Å²) in [6, 6.07) is 24.9. The first-order valence-electron chi connectivity index (χ1n) is 18.4. The van der Waals surface area contributed by atoms with Gasteiger partial charge >= 0.3 is 7.52 Å². The van der Waals surface area contributed by atoms with Crippen LogP contribution in [0.5, 0.6) is 0 Å². The molecular formula is C44H54N4O3P+. The van der Waals surface area contributed by atoms with Gasteiger partial charge in [0.1, 0.15) is 7.05 Å². The van der Waals surface area contributed by atoms with E-state index in [1.807, 2.05) is 24.3 Å². The number of nitrogens with one attached hydrogen (secondary N) is 2. The van der Waals surface area contributed by atoms with Crippen LogP contribution in [0, 0.1) is 12.1 Å². The average molecular weight is 718 g/mol. The molecular weight excluding hydrogens is 663 g/mol. The van der Waals surface area contributed by atoms with Gasteiger partial charge in [-0.3, -0.25) is 9.36 Å². The van der Waals surface area contributed by atoms with E-state index in [0.29, 0.717) is 25.1 Å². The number of amides is 1. The molecule has 0 saturated heterocycles. The van der Waals surface area contributed by atoms with Crippen molar-refractivity contribution in [1.29, 1.82) is 0 Å². The van der Waals surface area contributed by atoms with E-state index in [0.717, 1.165) is 31.4 Å². The van der Waals surface area contributed by atoms with E-state index < -0.39 is 7.52 Å². The highest BCUT2D eigenvalue weighted by atomic mass is 31.2. The van der Waals surface area contributed by atoms with Gasteiger partial charge in [0.25, 0.3) is 0 Å². The van der Waals surface area contributed by atoms with E-state index in [-0.39, 0.29) is 23.3 Å². The van der Waals surface area contributed by atoms with Gasteiger partial charge in [-0.1, -0.05) is 87.0 Å². The van der Waals surface area contributed by atoms with Crippen LogP contribution < -0.4 is 15.3 Å². The molecule has 2 aliphatic heterocycles. The van der Waals surface area contributed by atoms with Gasteiger partial charge < -0.3 is 19.8 Å². The summed E-state index contributed by atoms with van der Waals surface area (Å²) >= 11 is 0. The number of para-hydroxylation sites is 2. The lowest BCUT2D eigenvalue weighted by Gasteiger charge is -2.27. The molecule has 8 heteroatoms. The first kappa shape index (κ1) is 38.6. The number of unbranched alkanes of at least 4 members (excludes halogenated alkanes) is 2. The molecule has 0 aromatic heterocycles. The predicted octanol–water partition coefficient (Wildman–Crippen LogP) is 9.64. The second-order valence-corrected chi connectivity index (χ2v) is 16.3. The summed E-state index contributed by atoms with van der Waals surface area (Å²) in [4.78, 5) is 15.1. The van der Waals surface area contributed by atoms with Gasteiger partial charge in [0.2, 0.25) is 11.6 Å². The fraction of sp³-hybridized carbons (Fsp3) is 0.364. The quantitative estimate of drug-likeness (QED) is 0.0508. The minimum atomic E-state index is -3.33. The molecule has 2 aliphatic rings. The van der Waals surface area contributed by atoms with E-state index >= 15 is 0 Å². The number of rotatable bonds is 16. The first-order chi connectivity index (χ1) is 24.9. The third-order valence-corrected chi connectivity index (χ3v) is 11.7. The summed E-state index contributed by atoms with van der Waals surface area (Å²) in [6.07, 6.45) is 20.4. The predicted molar refractivity (Wildman–Crippen MR) is 217 cm³/mol. The van der Waals surface area contributed by atoms with Crippen LogP contribution in [0.25, 0.3) is 0 Å². The third kappa shape index (κ3) is 8.69. The molecule has 0 saturated carbocycles. The normalized spacial score (nSPS) is 17.7. The van der Waals surface area contributed by atoms with Crippen LogP contribution in [-0.2, 0) is 31.1 Å². The lowest BCUT2D eigenvalue weighted by Crippen LogP contribution is -2.27. The molecule has 0 fully saturated rings. The highest BCUT2D eigenvalue weighted by Gasteiger charge is 2.42. The maximum Gasteiger partial charge on any atom is 0.367 e. The average Bonchev–Trinajstić information content (AvgIpc) is 3.46. The van der Waals surface area contributed by atoms with E-state index in [9.17, 15) is 9.36 Å². The lowest BCUT2D eigenvalue weighted by molar-refractivity contribution is -0.401. The van der Waals surface area contributed by atoms with Crippen LogP contribution >= 0.6 is 7.52 Å². The minimum Gasteiger partial charge on any atom is -0.356 e. The molecule has 3 aromatic rings. The van der Waals surface area contributed by atoms with Crippen LogP contribution in [0.4, 0.5) is 17.1 Å². The molecule has 52 heavy (non-hydrogen) atoms. The van der Waals surface area contributed by atoms with E-state index in [4.69, 9.17) is 10.9 Å². The van der Waals surface area contributed by atoms with Crippen molar-refractivity contribution >= 4 is 36.2 Å². The molecule has 1 amide bonds. The van der Waals surface area contributed by atoms with Crippen molar-refractivity contribution in [2.45, 2.75) is 77.6 Å². The number of fused-ring (bicyclic) bond motifs is 2. The van der Waals surface area contributed by atoms with Crippen molar-refractivity contribution in [3.8, 4) is 12.1 Å². The Morgan fingerprint density at radius 2 is 1.63 bits per heavy atom. The van der Waals surface area contributed by atoms with E-state index in [2.05, 4.69) is 139 Å². The zero-order valence-corrected chi connectivity index (χ0v) is 32.5. The molecule has 7 nitrogen and oxygen atoms in total. The Bertz CT molecular complexity index is 1960. The van der Waals surface area contributed by atoms with Gasteiger partial charge in [0, 0.05) is 65.4 Å². The first-order valence-corrected chi connectivity index (χ1v) is 20.0. The SMILES string of the molecule is C#CP(=O)(Nc1ccc(CCNC(=O)CCCCCN2/C(=C/C=C/C=C/C3=[N+](C)c4ccccc4C3(C)C)C(C)(C)c3ccccc32)cc1)OCC. The summed E-state index contributed by atoms with van der Waals surface area (Å²) in [5.41, 5.74) is 11.6. The maximum absolute atomic E-state index is 12.6. The zero-order chi connectivity index (χ0) is 37.4. The van der Waals surface area contributed by atoms with Crippen molar-refractivity contribution in [3.05, 3.63) is 126 Å². The molecule has 3 aromatic carbocycles. The Balaban J connectivity index is 1.10. The van der Waals surface area contributed by atoms with Crippen LogP contribution in [0.3, 0.4) is 0 Å². The Labute approximate surface area is 311 Å². The molecule has 0 radical (unpaired) electrons. The van der Waals surface area contributed by atoms with Gasteiger partial charge in [0.15, 0.2) is 5.71 Å². The molecule has 2 heterocycles. The third-order valence-electron chi connectivity index (χ3n) is 10.2. The number of hydrogen-bond donors (Lipinski definition) is 2. The van der Waals surface area contributed by atoms with E-state index in [1.54, 1.807) is 6.92 Å². The zero-order valence-electron chi connectivity index (χ0n) is 31.6. The second-order valence-electron chi connectivity index (χ2n) is 14.5. The number of terminal acetylenes is 1. The van der Waals surface area contributed by atoms with Gasteiger partial charge in [-0.2, -0.15) is 4.58 Å². The Kier molecular flexibility index (Phi) is 12.5. The number of benzene rings is 3. The second kappa shape index (κ2) is 16.8. The molecule has 272 valence electrons. The number of hydrogen-bond acceptors (Lipinski definition) is 4. The maximum atomic E-state index is 12.6. The largest absolute Gasteiger partial charge is 0.367 e. The van der Waals surface area contributed by atoms with E-state index in [1.165, 1.54) is 33.9 Å². The number of allylic oxidation sites excluding steroid dienone is 6. The fourth-order valence-electron chi connectivity index (χ4n) is 7.41. The van der Waals surface area contributed by atoms with Crippen molar-refractivity contribution < 1.29 is 18.5 Å². The fourth-order valence-corrected chi connectivity index (χ4v) is 8.46. The minimum absolute atomic E-state index is 0.0461. The molecule has 0 aliphatic carbocycles. The number of carbonyl (C=O) groups is 1. The summed E-state index contributed by atoms with van der Waals surface area (Å²) in [6.45, 7) is 12.7. The number of anilines is 2. The Morgan fingerprint density at radius 1 is 0.923 bits per heavy atom. The van der Waals surface area contributed by atoms with Gasteiger partial charge in [-0.25, -0.2) is 0 Å². The Hall–Kier alpha value is -4.63. The van der Waals surface area contributed by atoms with Crippen LogP contribution in [-0.4, -0.2) is 42.9 Å². The van der Waals surface area contributed by atoms with Crippen molar-refractivity contribution in [3.63, 3.8) is 0 Å². The van der Waals surface area contributed by atoms with Gasteiger partial charge in [0.05, 0.1) is 12.0 Å². The summed E-state index contributed by atoms with van der Waals surface area (Å²) in [5.74, 6) is 0.0746. The van der Waals surface area contributed by atoms with Crippen LogP contribution in [0.1, 0.15) is 77.0 Å². The molecule has 1 unspecified atom stereocenters. The highest BCUT2D eigenvalue weighted by Crippen LogP contribution is 2.48. The van der Waals surface area contributed by atoms with Crippen molar-refractivity contribution in [2.24, 2.45) is 0 Å². The van der Waals surface area contributed by atoms with Crippen molar-refractivity contribution in [2.75, 3.05) is 36.7 Å². The molecule has 1 atom stereocenters. The summed E-state index contributed by atoms with van der Waals surface area (Å²) in [7, 11) is -1.18. The monoisotopic (exact) mass is 717 g/mol. The summed E-state index contributed by atoms with van der Waals surface area (Å²) < 4.78 is 20.0. The standard InChI is InChI=1S/C44H53N4O3P/c1-8-51-52(50,9-2)46-35-29-27-34(28-30-35)31-32-45-42(49)26-14-11-19-33-48-39-23-18-16-21-37(39)44(5,6)41(48)25-13-10-12-24-40-43(3,4)36-20-15-17-22-38(36)47(40)7/h2,10,12-13,15-18,20-25,27-30H,8,11,14,19,26,31-33H2,1,3-7H3,(H-,45,46,49,50)/p+1. The molecule has 2 N–H and O–H groups in total. The number of nitrogens with zero attached hydrogens (tertiary/aromatic N) is 2. The van der Waals surface area contributed by atoms with Crippen LogP contribution in [0.2, 0.25) is 0 Å². The molecule has 0 spiro atoms. The molecule has 5 rings (SSSR count). The van der Waals surface area contributed by atoms with Gasteiger partial charge in [-0.15, -0.1) is 6.42 Å². The molecule has 0 bridgehead atoms. The van der Waals surface area contributed by atoms with Crippen molar-refractivity contribution in [1.82, 2.24) is 5.32 Å². The lowest BCUT2D eigenvalue weighted by atomic mass is 9.81. The van der Waals surface area contributed by atoms with Crippen LogP contribution in [0.15, 0.2) is 109 Å². The summed E-state index contributed by atoms with van der Waals surface area (Å²) in [5, 5.41) is 5.87. The number of carbonyl (C=O) groups excluding carboxylic acids is 1. The van der Waals surface area contributed by atoms with Gasteiger partial charge in [-0.05, 0) is 75.4 Å². The topological polar surface area (TPSA) is 73.7 Å². The Morgan fingerprint density at radius 3 is 2.35 bits per heavy atom.